The van der Waals surface area contributed by atoms with Crippen LogP contribution in [-0.4, -0.2) is 9.38 Å². The van der Waals surface area contributed by atoms with Crippen LogP contribution >= 0.6 is 15.9 Å². The summed E-state index contributed by atoms with van der Waals surface area (Å²) in [5.74, 6) is 0. The van der Waals surface area contributed by atoms with E-state index in [0.29, 0.717) is 16.6 Å². The van der Waals surface area contributed by atoms with Gasteiger partial charge in [0.2, 0.25) is 0 Å². The number of pyridine rings is 1. The predicted molar refractivity (Wildman–Crippen MR) is 135 cm³/mol. The Kier molecular flexibility index (Phi) is 4.40. The fraction of sp³-hybridized carbons (Fsp3) is 0. The first kappa shape index (κ1) is 19.0. The molecule has 4 heteroatoms. The maximum absolute atomic E-state index is 14.0. The Morgan fingerprint density at radius 2 is 1.28 bits per heavy atom. The molecule has 0 N–H and O–H groups in total. The summed E-state index contributed by atoms with van der Waals surface area (Å²) in [7, 11) is 0. The Bertz CT molecular complexity index is 1690. The van der Waals surface area contributed by atoms with Crippen LogP contribution in [0.2, 0.25) is 0 Å². The van der Waals surface area contributed by atoms with Gasteiger partial charge in [-0.25, -0.2) is 4.98 Å². The topological polar surface area (TPSA) is 34.4 Å². The van der Waals surface area contributed by atoms with Crippen LogP contribution in [0.5, 0.6) is 0 Å². The van der Waals surface area contributed by atoms with Crippen molar-refractivity contribution in [1.29, 1.82) is 0 Å². The molecule has 32 heavy (non-hydrogen) atoms. The normalized spacial score (nSPS) is 11.4. The minimum Gasteiger partial charge on any atom is -0.268 e. The lowest BCUT2D eigenvalue weighted by Gasteiger charge is -2.19. The molecule has 0 aliphatic rings. The van der Waals surface area contributed by atoms with Gasteiger partial charge in [-0.2, -0.15) is 0 Å². The number of hydrogen-bond donors (Lipinski definition) is 0. The van der Waals surface area contributed by atoms with Gasteiger partial charge in [-0.15, -0.1) is 0 Å². The fourth-order valence-electron chi connectivity index (χ4n) is 4.45. The second kappa shape index (κ2) is 7.43. The first-order valence-electron chi connectivity index (χ1n) is 10.4. The molecule has 6 aromatic rings. The van der Waals surface area contributed by atoms with Crippen molar-refractivity contribution < 1.29 is 0 Å². The van der Waals surface area contributed by atoms with Gasteiger partial charge in [0.25, 0.3) is 5.56 Å². The quantitative estimate of drug-likeness (QED) is 0.197. The third-order valence-corrected chi connectivity index (χ3v) is 6.33. The van der Waals surface area contributed by atoms with Crippen molar-refractivity contribution in [3.8, 4) is 22.4 Å². The number of rotatable bonds is 2. The molecule has 0 saturated carbocycles. The van der Waals surface area contributed by atoms with Gasteiger partial charge >= 0.3 is 0 Å². The fourth-order valence-corrected chi connectivity index (χ4v) is 4.81. The molecule has 0 radical (unpaired) electrons. The van der Waals surface area contributed by atoms with Gasteiger partial charge in [-0.3, -0.25) is 9.20 Å². The molecule has 6 rings (SSSR count). The van der Waals surface area contributed by atoms with Crippen LogP contribution in [0.25, 0.3) is 49.7 Å². The maximum Gasteiger partial charge on any atom is 0.266 e. The van der Waals surface area contributed by atoms with Gasteiger partial charge < -0.3 is 0 Å². The van der Waals surface area contributed by atoms with Crippen LogP contribution in [0.15, 0.2) is 112 Å². The zero-order valence-electron chi connectivity index (χ0n) is 17.0. The van der Waals surface area contributed by atoms with Crippen molar-refractivity contribution in [1.82, 2.24) is 9.38 Å². The van der Waals surface area contributed by atoms with Crippen LogP contribution in [0, 0.1) is 0 Å². The molecule has 2 aromatic heterocycles. The lowest BCUT2D eigenvalue weighted by atomic mass is 9.93. The molecule has 0 fully saturated rings. The van der Waals surface area contributed by atoms with Crippen molar-refractivity contribution in [3.63, 3.8) is 0 Å². The Balaban J connectivity index is 1.95. The highest BCUT2D eigenvalue weighted by Gasteiger charge is 2.20. The molecule has 0 amide bonds. The van der Waals surface area contributed by atoms with E-state index >= 15 is 0 Å². The zero-order valence-corrected chi connectivity index (χ0v) is 18.6. The highest BCUT2D eigenvalue weighted by molar-refractivity contribution is 9.10. The summed E-state index contributed by atoms with van der Waals surface area (Å²) in [5, 5.41) is 2.61. The van der Waals surface area contributed by atoms with E-state index in [2.05, 4.69) is 34.1 Å². The van der Waals surface area contributed by atoms with Gasteiger partial charge in [0.05, 0.1) is 16.6 Å². The minimum absolute atomic E-state index is 0.0758. The third-order valence-electron chi connectivity index (χ3n) is 5.84. The molecule has 152 valence electrons. The van der Waals surface area contributed by atoms with Crippen LogP contribution < -0.4 is 5.56 Å². The summed E-state index contributed by atoms with van der Waals surface area (Å²) in [6.07, 6.45) is 0. The first-order chi connectivity index (χ1) is 15.7. The van der Waals surface area contributed by atoms with E-state index in [4.69, 9.17) is 4.98 Å². The molecule has 0 spiro atoms. The van der Waals surface area contributed by atoms with E-state index in [1.54, 1.807) is 4.40 Å². The predicted octanol–water partition coefficient (Wildman–Crippen LogP) is 7.10. The van der Waals surface area contributed by atoms with E-state index in [-0.39, 0.29) is 5.56 Å². The minimum atomic E-state index is -0.0758. The molecule has 0 bridgehead atoms. The zero-order chi connectivity index (χ0) is 21.7. The number of halogens is 1. The second-order valence-electron chi connectivity index (χ2n) is 7.74. The average Bonchev–Trinajstić information content (AvgIpc) is 2.85. The molecule has 4 aromatic carbocycles. The molecule has 0 aliphatic carbocycles. The van der Waals surface area contributed by atoms with E-state index < -0.39 is 0 Å². The number of nitrogens with zero attached hydrogens (tertiary/aromatic N) is 2. The third kappa shape index (κ3) is 2.88. The second-order valence-corrected chi connectivity index (χ2v) is 8.65. The monoisotopic (exact) mass is 476 g/mol. The average molecular weight is 477 g/mol. The molecular weight excluding hydrogens is 460 g/mol. The molecule has 3 nitrogen and oxygen atoms in total. The van der Waals surface area contributed by atoms with E-state index in [9.17, 15) is 4.79 Å². The van der Waals surface area contributed by atoms with Crippen LogP contribution in [0.1, 0.15) is 0 Å². The number of benzene rings is 4. The van der Waals surface area contributed by atoms with Gasteiger partial charge in [-0.1, -0.05) is 101 Å². The summed E-state index contributed by atoms with van der Waals surface area (Å²) < 4.78 is 2.64. The highest BCUT2D eigenvalue weighted by atomic mass is 79.9. The number of hydrogen-bond acceptors (Lipinski definition) is 2. The first-order valence-corrected chi connectivity index (χ1v) is 11.2. The van der Waals surface area contributed by atoms with Crippen molar-refractivity contribution in [2.45, 2.75) is 0 Å². The maximum atomic E-state index is 14.0. The Labute approximate surface area is 192 Å². The van der Waals surface area contributed by atoms with Gasteiger partial charge in [0.1, 0.15) is 5.65 Å². The van der Waals surface area contributed by atoms with Crippen molar-refractivity contribution >= 4 is 43.3 Å². The molecule has 0 unspecified atom stereocenters. The van der Waals surface area contributed by atoms with Gasteiger partial charge in [-0.05, 0) is 34.7 Å². The molecule has 2 heterocycles. The molecule has 0 saturated heterocycles. The smallest absolute Gasteiger partial charge is 0.266 e. The summed E-state index contributed by atoms with van der Waals surface area (Å²) >= 11 is 3.51. The lowest BCUT2D eigenvalue weighted by Crippen LogP contribution is -2.18. The summed E-state index contributed by atoms with van der Waals surface area (Å²) in [5.41, 5.74) is 5.19. The number of fused-ring (bicyclic) bond motifs is 4. The Morgan fingerprint density at radius 3 is 2.00 bits per heavy atom. The summed E-state index contributed by atoms with van der Waals surface area (Å²) in [6.45, 7) is 0. The Hall–Kier alpha value is -3.76. The van der Waals surface area contributed by atoms with Crippen molar-refractivity contribution in [2.75, 3.05) is 0 Å². The largest absolute Gasteiger partial charge is 0.268 e. The number of aromatic nitrogens is 2. The van der Waals surface area contributed by atoms with Crippen LogP contribution in [0.4, 0.5) is 0 Å². The molecular formula is C28H17BrN2O. The Morgan fingerprint density at radius 1 is 0.656 bits per heavy atom. The molecule has 0 atom stereocenters. The summed E-state index contributed by atoms with van der Waals surface area (Å²) in [4.78, 5) is 18.9. The van der Waals surface area contributed by atoms with Crippen LogP contribution in [-0.2, 0) is 0 Å². The van der Waals surface area contributed by atoms with E-state index in [1.165, 1.54) is 0 Å². The molecule has 0 aliphatic heterocycles. The van der Waals surface area contributed by atoms with E-state index in [1.807, 2.05) is 84.9 Å². The van der Waals surface area contributed by atoms with Crippen molar-refractivity contribution in [2.24, 2.45) is 0 Å². The highest BCUT2D eigenvalue weighted by Crippen LogP contribution is 2.39. The summed E-state index contributed by atoms with van der Waals surface area (Å²) in [6, 6.07) is 34.2. The van der Waals surface area contributed by atoms with E-state index in [0.717, 1.165) is 37.6 Å². The van der Waals surface area contributed by atoms with Crippen LogP contribution in [0.3, 0.4) is 0 Å². The van der Waals surface area contributed by atoms with Gasteiger partial charge in [0, 0.05) is 15.4 Å². The standard InChI is InChI=1S/C28H17BrN2O/c29-20-15-16-24-23(17-20)28(32)31-26(19-11-5-2-6-12-19)25(18-9-3-1-4-10-18)21-13-7-8-14-22(21)27(31)30-24/h1-17H. The lowest BCUT2D eigenvalue weighted by molar-refractivity contribution is 1.10. The van der Waals surface area contributed by atoms with Crippen molar-refractivity contribution in [3.05, 3.63) is 118 Å². The van der Waals surface area contributed by atoms with Gasteiger partial charge in [0.15, 0.2) is 0 Å². The SMILES string of the molecule is O=c1c2cc(Br)ccc2nc2c3ccccc3c(-c3ccccc3)c(-c3ccccc3)n12.